The highest BCUT2D eigenvalue weighted by molar-refractivity contribution is 7.85. The predicted octanol–water partition coefficient (Wildman–Crippen LogP) is 1.70. The quantitative estimate of drug-likeness (QED) is 0.553. The molecule has 0 aliphatic carbocycles. The minimum absolute atomic E-state index is 0. The molecule has 4 N–H and O–H groups in total. The van der Waals surface area contributed by atoms with Crippen LogP contribution in [0.5, 0.6) is 0 Å². The van der Waals surface area contributed by atoms with Crippen LogP contribution in [-0.4, -0.2) is 56.3 Å². The molecule has 0 spiro atoms. The molecule has 0 saturated carbocycles. The van der Waals surface area contributed by atoms with Gasteiger partial charge in [0.1, 0.15) is 12.4 Å². The summed E-state index contributed by atoms with van der Waals surface area (Å²) in [6, 6.07) is 0. The molecule has 0 rings (SSSR count). The van der Waals surface area contributed by atoms with E-state index in [0.717, 1.165) is 0 Å². The maximum absolute atomic E-state index is 12.8. The van der Waals surface area contributed by atoms with Gasteiger partial charge in [-0.15, -0.1) is 0 Å². The lowest BCUT2D eigenvalue weighted by Gasteiger charge is -2.20. The number of hydrogen-bond donors (Lipinski definition) is 2. The largest absolute Gasteiger partial charge is 0.344 e. The van der Waals surface area contributed by atoms with E-state index < -0.39 is 53.4 Å². The molecule has 0 aliphatic heterocycles. The zero-order valence-electron chi connectivity index (χ0n) is 8.95. The Labute approximate surface area is 99.7 Å². The van der Waals surface area contributed by atoms with Crippen molar-refractivity contribution in [1.82, 2.24) is 6.15 Å². The van der Waals surface area contributed by atoms with Crippen molar-refractivity contribution in [3.63, 3.8) is 0 Å². The van der Waals surface area contributed by atoms with Gasteiger partial charge >= 0.3 is 0 Å². The van der Waals surface area contributed by atoms with Crippen LogP contribution in [0.4, 0.5) is 26.3 Å². The first-order chi connectivity index (χ1) is 7.60. The molecule has 0 radical (unpaired) electrons. The lowest BCUT2D eigenvalue weighted by atomic mass is 10.1. The minimum Gasteiger partial charge on any atom is -0.344 e. The Morgan fingerprint density at radius 3 is 1.61 bits per heavy atom. The highest BCUT2D eigenvalue weighted by Gasteiger charge is 2.41. The first-order valence-electron chi connectivity index (χ1n) is 4.31. The molecule has 11 heteroatoms. The van der Waals surface area contributed by atoms with Crippen LogP contribution in [0, 0.1) is 0 Å². The molecule has 18 heavy (non-hydrogen) atoms. The summed E-state index contributed by atoms with van der Waals surface area (Å²) in [5.74, 6) is -1.80. The van der Waals surface area contributed by atoms with Crippen molar-refractivity contribution in [2.75, 3.05) is 12.4 Å². The summed E-state index contributed by atoms with van der Waals surface area (Å²) in [6.07, 6.45) is -16.0. The minimum atomic E-state index is -4.93. The average molecular weight is 305 g/mol. The Bertz CT molecular complexity index is 329. The van der Waals surface area contributed by atoms with E-state index in [1.807, 2.05) is 0 Å². The molecular formula is C7H13F6NO3S. The molecule has 5 atom stereocenters. The van der Waals surface area contributed by atoms with E-state index >= 15 is 0 Å². The molecule has 0 aliphatic rings. The second kappa shape index (κ2) is 7.79. The first-order valence-corrected chi connectivity index (χ1v) is 5.92. The molecule has 4 nitrogen and oxygen atoms in total. The van der Waals surface area contributed by atoms with Gasteiger partial charge in [-0.05, 0) is 0 Å². The number of alkyl halides is 6. The predicted molar refractivity (Wildman–Crippen MR) is 51.9 cm³/mol. The van der Waals surface area contributed by atoms with Crippen molar-refractivity contribution in [3.05, 3.63) is 0 Å². The molecule has 5 unspecified atom stereocenters. The molecule has 112 valence electrons. The number of halogens is 6. The molecule has 0 aromatic rings. The Morgan fingerprint density at radius 1 is 0.889 bits per heavy atom. The van der Waals surface area contributed by atoms with Gasteiger partial charge in [-0.3, -0.25) is 4.55 Å². The maximum Gasteiger partial charge on any atom is 0.267 e. The van der Waals surface area contributed by atoms with Crippen LogP contribution >= 0.6 is 0 Å². The Hall–Kier alpha value is -0.550. The van der Waals surface area contributed by atoms with E-state index in [9.17, 15) is 34.8 Å². The molecule has 0 bridgehead atoms. The highest BCUT2D eigenvalue weighted by atomic mass is 32.2. The fraction of sp³-hybridized carbons (Fsp3) is 1.00. The normalized spacial score (nSPS) is 20.4. The van der Waals surface area contributed by atoms with Crippen molar-refractivity contribution >= 4 is 10.1 Å². The van der Waals surface area contributed by atoms with Crippen molar-refractivity contribution in [2.24, 2.45) is 0 Å². The van der Waals surface area contributed by atoms with Crippen molar-refractivity contribution in [2.45, 2.75) is 30.9 Å². The molecule has 0 aromatic heterocycles. The van der Waals surface area contributed by atoms with Crippen LogP contribution < -0.4 is 6.15 Å². The third-order valence-electron chi connectivity index (χ3n) is 1.82. The van der Waals surface area contributed by atoms with Crippen molar-refractivity contribution in [3.8, 4) is 0 Å². The van der Waals surface area contributed by atoms with Gasteiger partial charge in [0.2, 0.25) is 0 Å². The van der Waals surface area contributed by atoms with Crippen LogP contribution in [0.1, 0.15) is 0 Å². The fourth-order valence-electron chi connectivity index (χ4n) is 0.953. The lowest BCUT2D eigenvalue weighted by Crippen LogP contribution is -2.42. The fourth-order valence-corrected chi connectivity index (χ4v) is 1.54. The van der Waals surface area contributed by atoms with Crippen LogP contribution in [0.25, 0.3) is 0 Å². The summed E-state index contributed by atoms with van der Waals surface area (Å²) >= 11 is 0. The summed E-state index contributed by atoms with van der Waals surface area (Å²) in [4.78, 5) is 0. The summed E-state index contributed by atoms with van der Waals surface area (Å²) in [5, 5.41) is 0. The highest BCUT2D eigenvalue weighted by Crippen LogP contribution is 2.22. The van der Waals surface area contributed by atoms with Gasteiger partial charge in [0.15, 0.2) is 30.9 Å². The van der Waals surface area contributed by atoms with Crippen molar-refractivity contribution < 1.29 is 39.3 Å². The van der Waals surface area contributed by atoms with Crippen molar-refractivity contribution in [1.29, 1.82) is 0 Å². The zero-order valence-corrected chi connectivity index (χ0v) is 9.76. The summed E-state index contributed by atoms with van der Waals surface area (Å²) in [6.45, 7) is -1.93. The summed E-state index contributed by atoms with van der Waals surface area (Å²) in [5.41, 5.74) is 0. The van der Waals surface area contributed by atoms with E-state index in [0.29, 0.717) is 0 Å². The number of hydrogen-bond acceptors (Lipinski definition) is 3. The van der Waals surface area contributed by atoms with Gasteiger partial charge in [0, 0.05) is 0 Å². The van der Waals surface area contributed by atoms with Gasteiger partial charge < -0.3 is 6.15 Å². The average Bonchev–Trinajstić information content (AvgIpc) is 2.22. The van der Waals surface area contributed by atoms with Crippen LogP contribution in [-0.2, 0) is 10.1 Å². The standard InChI is InChI=1S/C7H10F6O3S.H3N/c8-1-3(9)5(11)7(13)6(12)4(10)2-17(14,15)16;/h3-7H,1-2H2,(H,14,15,16);1H3. The van der Waals surface area contributed by atoms with E-state index in [-0.39, 0.29) is 6.15 Å². The molecule has 0 amide bonds. The molecular weight excluding hydrogens is 292 g/mol. The first kappa shape index (κ1) is 19.8. The van der Waals surface area contributed by atoms with Gasteiger partial charge in [-0.1, -0.05) is 0 Å². The summed E-state index contributed by atoms with van der Waals surface area (Å²) in [7, 11) is -4.93. The molecule has 0 fully saturated rings. The Balaban J connectivity index is 0. The monoisotopic (exact) mass is 305 g/mol. The van der Waals surface area contributed by atoms with E-state index in [4.69, 9.17) is 4.55 Å². The zero-order chi connectivity index (χ0) is 13.8. The van der Waals surface area contributed by atoms with E-state index in [1.54, 1.807) is 0 Å². The van der Waals surface area contributed by atoms with Gasteiger partial charge in [-0.25, -0.2) is 26.3 Å². The SMILES string of the molecule is N.O=S(=O)(O)CC(F)C(F)C(F)C(F)C(F)CF. The number of rotatable bonds is 7. The summed E-state index contributed by atoms with van der Waals surface area (Å²) < 4.78 is 103. The Kier molecular flexibility index (Phi) is 8.56. The second-order valence-electron chi connectivity index (χ2n) is 3.27. The van der Waals surface area contributed by atoms with Gasteiger partial charge in [0.05, 0.1) is 0 Å². The third kappa shape index (κ3) is 6.40. The van der Waals surface area contributed by atoms with E-state index in [1.165, 1.54) is 0 Å². The van der Waals surface area contributed by atoms with Crippen LogP contribution in [0.15, 0.2) is 0 Å². The van der Waals surface area contributed by atoms with E-state index in [2.05, 4.69) is 0 Å². The van der Waals surface area contributed by atoms with Crippen LogP contribution in [0.3, 0.4) is 0 Å². The molecule has 0 aromatic carbocycles. The topological polar surface area (TPSA) is 89.4 Å². The molecule has 0 heterocycles. The van der Waals surface area contributed by atoms with Gasteiger partial charge in [0.25, 0.3) is 10.1 Å². The third-order valence-corrected chi connectivity index (χ3v) is 2.56. The Morgan fingerprint density at radius 2 is 1.28 bits per heavy atom. The van der Waals surface area contributed by atoms with Gasteiger partial charge in [-0.2, -0.15) is 8.42 Å². The second-order valence-corrected chi connectivity index (χ2v) is 4.77. The maximum atomic E-state index is 12.8. The van der Waals surface area contributed by atoms with Crippen LogP contribution in [0.2, 0.25) is 0 Å². The lowest BCUT2D eigenvalue weighted by molar-refractivity contribution is 0.000251. The molecule has 0 saturated heterocycles. The smallest absolute Gasteiger partial charge is 0.267 e.